The van der Waals surface area contributed by atoms with Crippen molar-refractivity contribution in [2.24, 2.45) is 17.8 Å². The second-order valence-electron chi connectivity index (χ2n) is 6.48. The van der Waals surface area contributed by atoms with Gasteiger partial charge in [0.15, 0.2) is 0 Å². The molecule has 0 aromatic heterocycles. The lowest BCUT2D eigenvalue weighted by Gasteiger charge is -2.38. The highest BCUT2D eigenvalue weighted by Crippen LogP contribution is 2.35. The second kappa shape index (κ2) is 11.4. The molecular formula is C17H35NO3. The predicted molar refractivity (Wildman–Crippen MR) is 86.6 cm³/mol. The fourth-order valence-electron chi connectivity index (χ4n) is 3.30. The molecule has 4 nitrogen and oxygen atoms in total. The third-order valence-electron chi connectivity index (χ3n) is 4.77. The normalized spacial score (nSPS) is 26.4. The van der Waals surface area contributed by atoms with Crippen LogP contribution < -0.4 is 5.32 Å². The summed E-state index contributed by atoms with van der Waals surface area (Å²) in [6, 6.07) is 0.668. The highest BCUT2D eigenvalue weighted by Gasteiger charge is 2.30. The number of hydrogen-bond donors (Lipinski definition) is 1. The Kier molecular flexibility index (Phi) is 10.3. The van der Waals surface area contributed by atoms with Crippen LogP contribution in [0.25, 0.3) is 0 Å². The molecule has 1 aliphatic rings. The fourth-order valence-corrected chi connectivity index (χ4v) is 3.30. The Bertz CT molecular complexity index is 248. The minimum atomic E-state index is 0.653. The van der Waals surface area contributed by atoms with Crippen molar-refractivity contribution in [1.29, 1.82) is 0 Å². The smallest absolute Gasteiger partial charge is 0.0701 e. The summed E-state index contributed by atoms with van der Waals surface area (Å²) in [6.45, 7) is 8.22. The van der Waals surface area contributed by atoms with Gasteiger partial charge in [-0.25, -0.2) is 0 Å². The molecule has 1 N–H and O–H groups in total. The third kappa shape index (κ3) is 7.59. The van der Waals surface area contributed by atoms with E-state index in [1.54, 1.807) is 7.11 Å². The minimum Gasteiger partial charge on any atom is -0.382 e. The van der Waals surface area contributed by atoms with Crippen molar-refractivity contribution in [3.8, 4) is 0 Å². The zero-order valence-corrected chi connectivity index (χ0v) is 14.4. The monoisotopic (exact) mass is 301 g/mol. The van der Waals surface area contributed by atoms with Crippen LogP contribution in [0.15, 0.2) is 0 Å². The molecule has 126 valence electrons. The topological polar surface area (TPSA) is 39.7 Å². The van der Waals surface area contributed by atoms with E-state index in [0.29, 0.717) is 32.5 Å². The van der Waals surface area contributed by atoms with E-state index < -0.39 is 0 Å². The number of methoxy groups -OCH3 is 1. The van der Waals surface area contributed by atoms with E-state index in [2.05, 4.69) is 26.2 Å². The summed E-state index contributed by atoms with van der Waals surface area (Å²) in [5.74, 6) is 2.45. The SMILES string of the molecule is CNC1CCC(C(C)C)CC1CCOCCOCCOC. The lowest BCUT2D eigenvalue weighted by Crippen LogP contribution is -2.40. The lowest BCUT2D eigenvalue weighted by molar-refractivity contribution is 0.0180. The highest BCUT2D eigenvalue weighted by molar-refractivity contribution is 4.85. The van der Waals surface area contributed by atoms with Gasteiger partial charge in [-0.2, -0.15) is 0 Å². The van der Waals surface area contributed by atoms with Crippen LogP contribution in [-0.4, -0.2) is 53.2 Å². The molecule has 0 radical (unpaired) electrons. The first-order valence-electron chi connectivity index (χ1n) is 8.50. The summed E-state index contributed by atoms with van der Waals surface area (Å²) in [6.07, 6.45) is 5.18. The van der Waals surface area contributed by atoms with Crippen LogP contribution in [0.5, 0.6) is 0 Å². The van der Waals surface area contributed by atoms with Crippen molar-refractivity contribution in [3.63, 3.8) is 0 Å². The number of ether oxygens (including phenoxy) is 3. The van der Waals surface area contributed by atoms with Crippen molar-refractivity contribution in [2.75, 3.05) is 47.2 Å². The van der Waals surface area contributed by atoms with Gasteiger partial charge in [-0.1, -0.05) is 13.8 Å². The molecule has 4 heteroatoms. The van der Waals surface area contributed by atoms with Crippen molar-refractivity contribution < 1.29 is 14.2 Å². The van der Waals surface area contributed by atoms with Gasteiger partial charge in [-0.15, -0.1) is 0 Å². The van der Waals surface area contributed by atoms with Gasteiger partial charge in [-0.05, 0) is 50.5 Å². The van der Waals surface area contributed by atoms with Gasteiger partial charge in [0.2, 0.25) is 0 Å². The van der Waals surface area contributed by atoms with Crippen molar-refractivity contribution in [1.82, 2.24) is 5.32 Å². The van der Waals surface area contributed by atoms with Crippen LogP contribution in [-0.2, 0) is 14.2 Å². The van der Waals surface area contributed by atoms with Gasteiger partial charge in [0.05, 0.1) is 26.4 Å². The standard InChI is InChI=1S/C17H35NO3/c1-14(2)15-5-6-17(18-3)16(13-15)7-8-20-11-12-21-10-9-19-4/h14-18H,5-13H2,1-4H3. The van der Waals surface area contributed by atoms with E-state index in [-0.39, 0.29) is 0 Å². The number of rotatable bonds is 11. The molecule has 0 aliphatic heterocycles. The fraction of sp³-hybridized carbons (Fsp3) is 1.00. The number of nitrogens with one attached hydrogen (secondary N) is 1. The van der Waals surface area contributed by atoms with Gasteiger partial charge in [0.1, 0.15) is 0 Å². The van der Waals surface area contributed by atoms with Crippen LogP contribution in [0.4, 0.5) is 0 Å². The van der Waals surface area contributed by atoms with Crippen LogP contribution >= 0.6 is 0 Å². The average Bonchev–Trinajstić information content (AvgIpc) is 2.49. The Morgan fingerprint density at radius 3 is 2.29 bits per heavy atom. The molecule has 0 aromatic rings. The first-order valence-corrected chi connectivity index (χ1v) is 8.50. The van der Waals surface area contributed by atoms with Gasteiger partial charge in [-0.3, -0.25) is 0 Å². The Labute approximate surface area is 130 Å². The summed E-state index contributed by atoms with van der Waals surface area (Å²) in [7, 11) is 3.78. The van der Waals surface area contributed by atoms with Crippen LogP contribution in [0.1, 0.15) is 39.5 Å². The van der Waals surface area contributed by atoms with E-state index in [1.165, 1.54) is 19.3 Å². The Morgan fingerprint density at radius 2 is 1.67 bits per heavy atom. The van der Waals surface area contributed by atoms with Gasteiger partial charge in [0.25, 0.3) is 0 Å². The molecule has 21 heavy (non-hydrogen) atoms. The van der Waals surface area contributed by atoms with Crippen molar-refractivity contribution in [3.05, 3.63) is 0 Å². The quantitative estimate of drug-likeness (QED) is 0.596. The van der Waals surface area contributed by atoms with E-state index >= 15 is 0 Å². The highest BCUT2D eigenvalue weighted by atomic mass is 16.5. The lowest BCUT2D eigenvalue weighted by atomic mass is 9.72. The Morgan fingerprint density at radius 1 is 1.00 bits per heavy atom. The van der Waals surface area contributed by atoms with Gasteiger partial charge >= 0.3 is 0 Å². The molecule has 0 saturated heterocycles. The van der Waals surface area contributed by atoms with E-state index in [9.17, 15) is 0 Å². The summed E-state index contributed by atoms with van der Waals surface area (Å²) in [5, 5.41) is 3.49. The molecule has 3 unspecified atom stereocenters. The van der Waals surface area contributed by atoms with Crippen molar-refractivity contribution >= 4 is 0 Å². The van der Waals surface area contributed by atoms with Crippen molar-refractivity contribution in [2.45, 2.75) is 45.6 Å². The molecule has 0 amide bonds. The van der Waals surface area contributed by atoms with Crippen LogP contribution in [0.3, 0.4) is 0 Å². The molecule has 0 spiro atoms. The molecule has 0 bridgehead atoms. The molecule has 1 aliphatic carbocycles. The molecule has 0 heterocycles. The second-order valence-corrected chi connectivity index (χ2v) is 6.48. The third-order valence-corrected chi connectivity index (χ3v) is 4.77. The summed E-state index contributed by atoms with van der Waals surface area (Å²) < 4.78 is 16.0. The van der Waals surface area contributed by atoms with E-state index in [4.69, 9.17) is 14.2 Å². The Hall–Kier alpha value is -0.160. The van der Waals surface area contributed by atoms with E-state index in [0.717, 1.165) is 30.8 Å². The Balaban J connectivity index is 2.13. The first-order chi connectivity index (χ1) is 10.2. The molecule has 3 atom stereocenters. The predicted octanol–water partition coefficient (Wildman–Crippen LogP) is 2.72. The molecule has 0 aromatic carbocycles. The molecule has 1 rings (SSSR count). The van der Waals surface area contributed by atoms with Gasteiger partial charge < -0.3 is 19.5 Å². The van der Waals surface area contributed by atoms with Crippen LogP contribution in [0.2, 0.25) is 0 Å². The maximum atomic E-state index is 5.71. The summed E-state index contributed by atoms with van der Waals surface area (Å²) >= 11 is 0. The summed E-state index contributed by atoms with van der Waals surface area (Å²) in [4.78, 5) is 0. The molecule has 1 saturated carbocycles. The zero-order valence-electron chi connectivity index (χ0n) is 14.4. The first kappa shape index (κ1) is 18.9. The number of hydrogen-bond acceptors (Lipinski definition) is 4. The average molecular weight is 301 g/mol. The maximum Gasteiger partial charge on any atom is 0.0701 e. The zero-order chi connectivity index (χ0) is 15.5. The minimum absolute atomic E-state index is 0.653. The molecular weight excluding hydrogens is 266 g/mol. The maximum absolute atomic E-state index is 5.71. The van der Waals surface area contributed by atoms with Gasteiger partial charge in [0, 0.05) is 19.8 Å². The largest absolute Gasteiger partial charge is 0.382 e. The molecule has 1 fully saturated rings. The van der Waals surface area contributed by atoms with E-state index in [1.807, 2.05) is 0 Å². The van der Waals surface area contributed by atoms with Crippen LogP contribution in [0, 0.1) is 17.8 Å². The summed E-state index contributed by atoms with van der Waals surface area (Å²) in [5.41, 5.74) is 0.